The smallest absolute Gasteiger partial charge is 0.374 e. The molecule has 0 N–H and O–H groups in total. The Hall–Kier alpha value is -3.46. The number of hydrogen-bond donors (Lipinski definition) is 0. The molecule has 1 unspecified atom stereocenters. The van der Waals surface area contributed by atoms with Crippen molar-refractivity contribution in [1.29, 1.82) is 0 Å². The molecule has 1 saturated heterocycles. The summed E-state index contributed by atoms with van der Waals surface area (Å²) in [5.41, 5.74) is 5.11. The van der Waals surface area contributed by atoms with E-state index in [0.29, 0.717) is 28.4 Å². The molecular weight excluding hydrogens is 455 g/mol. The number of nitrogens with zero attached hydrogens (tertiary/aromatic N) is 5. The van der Waals surface area contributed by atoms with Crippen LogP contribution in [0.1, 0.15) is 53.7 Å². The van der Waals surface area contributed by atoms with Crippen LogP contribution in [0.5, 0.6) is 0 Å². The predicted octanol–water partition coefficient (Wildman–Crippen LogP) is 6.35. The van der Waals surface area contributed by atoms with Gasteiger partial charge < -0.3 is 4.74 Å². The van der Waals surface area contributed by atoms with Crippen molar-refractivity contribution in [1.82, 2.24) is 24.9 Å². The predicted molar refractivity (Wildman–Crippen MR) is 127 cm³/mol. The standard InChI is InChI=1S/C15H11F3N4.C11H15NO/c1-8-9(2)22-14-11(21-8)5-6-19-13(14)10-3-4-12(20-7-10)15(16,17)18;1-9-8-10(5-6-12-9)11-4-2-3-7-13-11/h3-7H,1-2H3;5-6,8,11H,2-4,7H2,1H3. The molecule has 0 saturated carbocycles. The molecule has 5 heterocycles. The molecular formula is C26H26F3N5O. The van der Waals surface area contributed by atoms with Crippen LogP contribution in [0, 0.1) is 20.8 Å². The Morgan fingerprint density at radius 2 is 1.66 bits per heavy atom. The highest BCUT2D eigenvalue weighted by Crippen LogP contribution is 2.30. The summed E-state index contributed by atoms with van der Waals surface area (Å²) in [4.78, 5) is 20.7. The van der Waals surface area contributed by atoms with Gasteiger partial charge in [-0.1, -0.05) is 0 Å². The topological polar surface area (TPSA) is 73.7 Å². The fourth-order valence-corrected chi connectivity index (χ4v) is 3.84. The lowest BCUT2D eigenvalue weighted by Crippen LogP contribution is -2.11. The van der Waals surface area contributed by atoms with E-state index in [1.54, 1.807) is 12.3 Å². The first-order valence-electron chi connectivity index (χ1n) is 11.4. The van der Waals surface area contributed by atoms with Crippen molar-refractivity contribution < 1.29 is 17.9 Å². The zero-order valence-corrected chi connectivity index (χ0v) is 19.8. The quantitative estimate of drug-likeness (QED) is 0.332. The fraction of sp³-hybridized carbons (Fsp3) is 0.346. The number of aromatic nitrogens is 5. The van der Waals surface area contributed by atoms with Crippen molar-refractivity contribution >= 4 is 11.0 Å². The van der Waals surface area contributed by atoms with Crippen molar-refractivity contribution in [3.63, 3.8) is 0 Å². The van der Waals surface area contributed by atoms with Crippen LogP contribution in [-0.2, 0) is 10.9 Å². The normalized spacial score (nSPS) is 16.0. The third kappa shape index (κ3) is 5.97. The first kappa shape index (κ1) is 24.7. The Morgan fingerprint density at radius 1 is 0.886 bits per heavy atom. The highest BCUT2D eigenvalue weighted by molar-refractivity contribution is 5.88. The molecule has 4 aromatic heterocycles. The van der Waals surface area contributed by atoms with E-state index in [0.717, 1.165) is 42.4 Å². The summed E-state index contributed by atoms with van der Waals surface area (Å²) < 4.78 is 43.4. The zero-order chi connectivity index (χ0) is 25.0. The van der Waals surface area contributed by atoms with Crippen LogP contribution < -0.4 is 0 Å². The van der Waals surface area contributed by atoms with Crippen LogP contribution in [0.3, 0.4) is 0 Å². The Balaban J connectivity index is 0.000000189. The molecule has 0 aliphatic carbocycles. The fourth-order valence-electron chi connectivity index (χ4n) is 3.84. The van der Waals surface area contributed by atoms with Gasteiger partial charge in [-0.25, -0.2) is 9.97 Å². The number of pyridine rings is 3. The second-order valence-corrected chi connectivity index (χ2v) is 8.44. The molecule has 1 atom stereocenters. The van der Waals surface area contributed by atoms with Gasteiger partial charge in [0, 0.05) is 36.5 Å². The second-order valence-electron chi connectivity index (χ2n) is 8.44. The van der Waals surface area contributed by atoms with Crippen molar-refractivity contribution in [2.45, 2.75) is 52.3 Å². The molecule has 5 rings (SSSR count). The first-order valence-corrected chi connectivity index (χ1v) is 11.4. The van der Waals surface area contributed by atoms with Crippen LogP contribution in [0.25, 0.3) is 22.3 Å². The van der Waals surface area contributed by atoms with Crippen molar-refractivity contribution in [2.24, 2.45) is 0 Å². The monoisotopic (exact) mass is 481 g/mol. The van der Waals surface area contributed by atoms with Gasteiger partial charge in [0.15, 0.2) is 0 Å². The summed E-state index contributed by atoms with van der Waals surface area (Å²) in [5.74, 6) is 0. The van der Waals surface area contributed by atoms with Gasteiger partial charge in [-0.3, -0.25) is 15.0 Å². The average molecular weight is 482 g/mol. The Bertz CT molecular complexity index is 1300. The molecule has 6 nitrogen and oxygen atoms in total. The molecule has 0 bridgehead atoms. The van der Waals surface area contributed by atoms with Gasteiger partial charge in [0.25, 0.3) is 0 Å². The maximum absolute atomic E-state index is 12.6. The van der Waals surface area contributed by atoms with Crippen LogP contribution in [0.4, 0.5) is 13.2 Å². The van der Waals surface area contributed by atoms with E-state index in [4.69, 9.17) is 4.74 Å². The van der Waals surface area contributed by atoms with Crippen LogP contribution in [-0.4, -0.2) is 31.5 Å². The second kappa shape index (κ2) is 10.4. The van der Waals surface area contributed by atoms with Gasteiger partial charge >= 0.3 is 6.18 Å². The Morgan fingerprint density at radius 3 is 2.31 bits per heavy atom. The molecule has 0 radical (unpaired) electrons. The number of ether oxygens (including phenoxy) is 1. The molecule has 35 heavy (non-hydrogen) atoms. The van der Waals surface area contributed by atoms with Gasteiger partial charge in [0.2, 0.25) is 0 Å². The van der Waals surface area contributed by atoms with E-state index in [1.807, 2.05) is 27.0 Å². The van der Waals surface area contributed by atoms with Crippen molar-refractivity contribution in [2.75, 3.05) is 6.61 Å². The highest BCUT2D eigenvalue weighted by Gasteiger charge is 2.32. The largest absolute Gasteiger partial charge is 0.433 e. The summed E-state index contributed by atoms with van der Waals surface area (Å²) in [7, 11) is 0. The summed E-state index contributed by atoms with van der Waals surface area (Å²) in [6.45, 7) is 6.60. The van der Waals surface area contributed by atoms with E-state index < -0.39 is 11.9 Å². The average Bonchev–Trinajstić information content (AvgIpc) is 2.85. The number of aryl methyl sites for hydroxylation is 3. The number of rotatable bonds is 2. The third-order valence-electron chi connectivity index (χ3n) is 5.79. The maximum atomic E-state index is 12.6. The molecule has 1 fully saturated rings. The van der Waals surface area contributed by atoms with E-state index in [-0.39, 0.29) is 0 Å². The minimum atomic E-state index is -4.46. The van der Waals surface area contributed by atoms with E-state index in [9.17, 15) is 13.2 Å². The minimum absolute atomic E-state index is 0.315. The molecule has 0 spiro atoms. The van der Waals surface area contributed by atoms with Crippen molar-refractivity contribution in [3.05, 3.63) is 77.3 Å². The van der Waals surface area contributed by atoms with Gasteiger partial charge in [-0.05, 0) is 75.9 Å². The van der Waals surface area contributed by atoms with E-state index >= 15 is 0 Å². The number of halogens is 3. The number of hydrogen-bond acceptors (Lipinski definition) is 6. The molecule has 0 amide bonds. The zero-order valence-electron chi connectivity index (χ0n) is 19.8. The molecule has 0 aromatic carbocycles. The van der Waals surface area contributed by atoms with E-state index in [2.05, 4.69) is 37.1 Å². The minimum Gasteiger partial charge on any atom is -0.374 e. The number of alkyl halides is 3. The van der Waals surface area contributed by atoms with E-state index in [1.165, 1.54) is 24.5 Å². The summed E-state index contributed by atoms with van der Waals surface area (Å²) in [6.07, 6.45) is 4.08. The first-order chi connectivity index (χ1) is 16.7. The third-order valence-corrected chi connectivity index (χ3v) is 5.79. The Labute approximate surface area is 201 Å². The lowest BCUT2D eigenvalue weighted by molar-refractivity contribution is -0.141. The lowest BCUT2D eigenvalue weighted by atomic mass is 10.0. The van der Waals surface area contributed by atoms with Crippen LogP contribution >= 0.6 is 0 Å². The summed E-state index contributed by atoms with van der Waals surface area (Å²) in [6, 6.07) is 8.17. The SMILES string of the molecule is Cc1cc(C2CCCCO2)ccn1.Cc1nc2ccnc(-c3ccc(C(F)(F)F)nc3)c2nc1C. The van der Waals surface area contributed by atoms with Gasteiger partial charge in [0.05, 0.1) is 28.7 Å². The van der Waals surface area contributed by atoms with Gasteiger partial charge in [-0.15, -0.1) is 0 Å². The molecule has 182 valence electrons. The molecule has 9 heteroatoms. The molecule has 1 aliphatic rings. The summed E-state index contributed by atoms with van der Waals surface area (Å²) in [5, 5.41) is 0. The van der Waals surface area contributed by atoms with Gasteiger partial charge in [0.1, 0.15) is 11.2 Å². The van der Waals surface area contributed by atoms with Gasteiger partial charge in [-0.2, -0.15) is 13.2 Å². The van der Waals surface area contributed by atoms with Crippen LogP contribution in [0.15, 0.2) is 48.9 Å². The Kier molecular flexibility index (Phi) is 7.35. The molecule has 4 aromatic rings. The van der Waals surface area contributed by atoms with Crippen molar-refractivity contribution in [3.8, 4) is 11.3 Å². The lowest BCUT2D eigenvalue weighted by Gasteiger charge is -2.22. The van der Waals surface area contributed by atoms with Crippen LogP contribution in [0.2, 0.25) is 0 Å². The molecule has 1 aliphatic heterocycles. The highest BCUT2D eigenvalue weighted by atomic mass is 19.4. The maximum Gasteiger partial charge on any atom is 0.433 e. The summed E-state index contributed by atoms with van der Waals surface area (Å²) >= 11 is 0. The number of fused-ring (bicyclic) bond motifs is 1.